The highest BCUT2D eigenvalue weighted by atomic mass is 16.5. The molecule has 0 aromatic rings. The van der Waals surface area contributed by atoms with Crippen LogP contribution in [0, 0.1) is 0 Å². The van der Waals surface area contributed by atoms with E-state index in [0.717, 1.165) is 19.4 Å². The molecule has 0 aromatic carbocycles. The molecule has 2 N–H and O–H groups in total. The van der Waals surface area contributed by atoms with E-state index in [-0.39, 0.29) is 18.1 Å². The zero-order valence-corrected chi connectivity index (χ0v) is 8.30. The van der Waals surface area contributed by atoms with Crippen LogP contribution in [0.2, 0.25) is 0 Å². The molecule has 1 rings (SSSR count). The Bertz CT molecular complexity index is 167. The average Bonchev–Trinajstić information content (AvgIpc) is 2.55. The van der Waals surface area contributed by atoms with Gasteiger partial charge in [0.25, 0.3) is 0 Å². The zero-order valence-electron chi connectivity index (χ0n) is 8.30. The van der Waals surface area contributed by atoms with Crippen molar-refractivity contribution < 1.29 is 9.53 Å². The van der Waals surface area contributed by atoms with E-state index in [0.29, 0.717) is 6.54 Å². The van der Waals surface area contributed by atoms with Gasteiger partial charge in [-0.3, -0.25) is 4.79 Å². The summed E-state index contributed by atoms with van der Waals surface area (Å²) in [4.78, 5) is 11.2. The van der Waals surface area contributed by atoms with Crippen molar-refractivity contribution in [1.29, 1.82) is 0 Å². The summed E-state index contributed by atoms with van der Waals surface area (Å²) in [5, 5.41) is 5.71. The van der Waals surface area contributed by atoms with E-state index in [9.17, 15) is 4.79 Å². The normalized spacial score (nSPS) is 24.3. The highest BCUT2D eigenvalue weighted by Crippen LogP contribution is 2.14. The fourth-order valence-corrected chi connectivity index (χ4v) is 1.56. The predicted octanol–water partition coefficient (Wildman–Crippen LogP) is -0.111. The molecule has 0 saturated carbocycles. The molecule has 76 valence electrons. The Kier molecular flexibility index (Phi) is 4.18. The number of rotatable bonds is 4. The van der Waals surface area contributed by atoms with Gasteiger partial charge in [0, 0.05) is 6.61 Å². The largest absolute Gasteiger partial charge is 0.376 e. The summed E-state index contributed by atoms with van der Waals surface area (Å²) in [6.45, 7) is 3.19. The van der Waals surface area contributed by atoms with Gasteiger partial charge in [-0.15, -0.1) is 0 Å². The lowest BCUT2D eigenvalue weighted by Gasteiger charge is -2.19. The molecule has 1 aliphatic heterocycles. The van der Waals surface area contributed by atoms with Crippen LogP contribution < -0.4 is 10.6 Å². The molecule has 0 aromatic heterocycles. The standard InChI is InChI=1S/C9H18N2O2/c1-7(8-4-3-5-13-8)11-9(12)6-10-2/h7-8,10H,3-6H2,1-2H3,(H,11,12). The molecule has 1 heterocycles. The monoisotopic (exact) mass is 186 g/mol. The molecule has 1 fully saturated rings. The van der Waals surface area contributed by atoms with E-state index < -0.39 is 0 Å². The molecule has 0 radical (unpaired) electrons. The van der Waals surface area contributed by atoms with Crippen LogP contribution in [0.4, 0.5) is 0 Å². The first kappa shape index (κ1) is 10.5. The Hall–Kier alpha value is -0.610. The minimum absolute atomic E-state index is 0.0329. The van der Waals surface area contributed by atoms with Crippen molar-refractivity contribution in [2.75, 3.05) is 20.2 Å². The van der Waals surface area contributed by atoms with Crippen molar-refractivity contribution in [1.82, 2.24) is 10.6 Å². The summed E-state index contributed by atoms with van der Waals surface area (Å²) in [7, 11) is 1.76. The lowest BCUT2D eigenvalue weighted by molar-refractivity contribution is -0.121. The first-order chi connectivity index (χ1) is 6.24. The van der Waals surface area contributed by atoms with Crippen molar-refractivity contribution in [2.45, 2.75) is 31.9 Å². The second-order valence-corrected chi connectivity index (χ2v) is 3.44. The minimum Gasteiger partial charge on any atom is -0.376 e. The van der Waals surface area contributed by atoms with Crippen LogP contribution in [0.25, 0.3) is 0 Å². The maximum Gasteiger partial charge on any atom is 0.234 e. The van der Waals surface area contributed by atoms with E-state index >= 15 is 0 Å². The van der Waals surface area contributed by atoms with Gasteiger partial charge in [0.05, 0.1) is 18.7 Å². The smallest absolute Gasteiger partial charge is 0.234 e. The Morgan fingerprint density at radius 1 is 1.69 bits per heavy atom. The number of carbonyl (C=O) groups excluding carboxylic acids is 1. The van der Waals surface area contributed by atoms with Crippen molar-refractivity contribution in [3.8, 4) is 0 Å². The van der Waals surface area contributed by atoms with Crippen LogP contribution >= 0.6 is 0 Å². The average molecular weight is 186 g/mol. The minimum atomic E-state index is 0.0329. The second kappa shape index (κ2) is 5.19. The van der Waals surface area contributed by atoms with E-state index in [1.54, 1.807) is 7.05 Å². The van der Waals surface area contributed by atoms with Gasteiger partial charge in [-0.05, 0) is 26.8 Å². The molecular weight excluding hydrogens is 168 g/mol. The van der Waals surface area contributed by atoms with E-state index in [4.69, 9.17) is 4.74 Å². The summed E-state index contributed by atoms with van der Waals surface area (Å²) in [5.41, 5.74) is 0. The quantitative estimate of drug-likeness (QED) is 0.644. The van der Waals surface area contributed by atoms with Crippen LogP contribution in [0.5, 0.6) is 0 Å². The molecule has 2 unspecified atom stereocenters. The number of amides is 1. The van der Waals surface area contributed by atoms with Crippen LogP contribution in [0.3, 0.4) is 0 Å². The van der Waals surface area contributed by atoms with Crippen LogP contribution in [0.15, 0.2) is 0 Å². The fourth-order valence-electron chi connectivity index (χ4n) is 1.56. The number of likely N-dealkylation sites (N-methyl/N-ethyl adjacent to an activating group) is 1. The van der Waals surface area contributed by atoms with Gasteiger partial charge in [-0.25, -0.2) is 0 Å². The highest BCUT2D eigenvalue weighted by Gasteiger charge is 2.23. The van der Waals surface area contributed by atoms with E-state index in [1.165, 1.54) is 0 Å². The SMILES string of the molecule is CNCC(=O)NC(C)C1CCCO1. The van der Waals surface area contributed by atoms with Gasteiger partial charge in [0.2, 0.25) is 5.91 Å². The summed E-state index contributed by atoms with van der Waals surface area (Å²) >= 11 is 0. The number of ether oxygens (including phenoxy) is 1. The molecule has 0 aliphatic carbocycles. The molecule has 1 saturated heterocycles. The number of hydrogen-bond donors (Lipinski definition) is 2. The van der Waals surface area contributed by atoms with Crippen LogP contribution in [-0.4, -0.2) is 38.3 Å². The third-order valence-corrected chi connectivity index (χ3v) is 2.25. The van der Waals surface area contributed by atoms with E-state index in [1.807, 2.05) is 6.92 Å². The maximum absolute atomic E-state index is 11.2. The van der Waals surface area contributed by atoms with Crippen LogP contribution in [-0.2, 0) is 9.53 Å². The molecule has 1 aliphatic rings. The third-order valence-electron chi connectivity index (χ3n) is 2.25. The van der Waals surface area contributed by atoms with Crippen molar-refractivity contribution in [3.05, 3.63) is 0 Å². The fraction of sp³-hybridized carbons (Fsp3) is 0.889. The zero-order chi connectivity index (χ0) is 9.68. The molecular formula is C9H18N2O2. The Balaban J connectivity index is 2.22. The van der Waals surface area contributed by atoms with Gasteiger partial charge >= 0.3 is 0 Å². The topological polar surface area (TPSA) is 50.4 Å². The van der Waals surface area contributed by atoms with E-state index in [2.05, 4.69) is 10.6 Å². The summed E-state index contributed by atoms with van der Waals surface area (Å²) in [6, 6.07) is 0.128. The molecule has 4 nitrogen and oxygen atoms in total. The first-order valence-corrected chi connectivity index (χ1v) is 4.79. The van der Waals surface area contributed by atoms with Gasteiger partial charge in [0.15, 0.2) is 0 Å². The second-order valence-electron chi connectivity index (χ2n) is 3.44. The highest BCUT2D eigenvalue weighted by molar-refractivity contribution is 5.78. The molecule has 1 amide bonds. The molecule has 0 spiro atoms. The Labute approximate surface area is 79.0 Å². The Morgan fingerprint density at radius 3 is 3.00 bits per heavy atom. The summed E-state index contributed by atoms with van der Waals surface area (Å²) in [6.07, 6.45) is 2.37. The van der Waals surface area contributed by atoms with Crippen molar-refractivity contribution in [2.24, 2.45) is 0 Å². The molecule has 2 atom stereocenters. The van der Waals surface area contributed by atoms with Gasteiger partial charge in [-0.1, -0.05) is 0 Å². The van der Waals surface area contributed by atoms with Gasteiger partial charge in [-0.2, -0.15) is 0 Å². The van der Waals surface area contributed by atoms with Gasteiger partial charge in [0.1, 0.15) is 0 Å². The van der Waals surface area contributed by atoms with Crippen molar-refractivity contribution >= 4 is 5.91 Å². The number of nitrogens with one attached hydrogen (secondary N) is 2. The lowest BCUT2D eigenvalue weighted by Crippen LogP contribution is -2.44. The van der Waals surface area contributed by atoms with Gasteiger partial charge < -0.3 is 15.4 Å². The summed E-state index contributed by atoms with van der Waals surface area (Å²) < 4.78 is 5.46. The summed E-state index contributed by atoms with van der Waals surface area (Å²) in [5.74, 6) is 0.0329. The number of carbonyl (C=O) groups is 1. The Morgan fingerprint density at radius 2 is 2.46 bits per heavy atom. The predicted molar refractivity (Wildman–Crippen MR) is 50.5 cm³/mol. The molecule has 13 heavy (non-hydrogen) atoms. The number of hydrogen-bond acceptors (Lipinski definition) is 3. The maximum atomic E-state index is 11.2. The van der Waals surface area contributed by atoms with Crippen molar-refractivity contribution in [3.63, 3.8) is 0 Å². The lowest BCUT2D eigenvalue weighted by atomic mass is 10.1. The third kappa shape index (κ3) is 3.32. The van der Waals surface area contributed by atoms with Crippen LogP contribution in [0.1, 0.15) is 19.8 Å². The molecule has 0 bridgehead atoms. The molecule has 4 heteroatoms. The first-order valence-electron chi connectivity index (χ1n) is 4.79.